The normalized spacial score (nSPS) is 9.50. The Morgan fingerprint density at radius 2 is 2.33 bits per heavy atom. The molecule has 0 radical (unpaired) electrons. The van der Waals surface area contributed by atoms with Gasteiger partial charge in [-0.3, -0.25) is 0 Å². The van der Waals surface area contributed by atoms with Gasteiger partial charge in [0.05, 0.1) is 0 Å². The molecule has 0 saturated heterocycles. The number of hydrogen-bond donors (Lipinski definition) is 0. The molecule has 0 N–H and O–H groups in total. The van der Waals surface area contributed by atoms with Crippen LogP contribution in [-0.4, -0.2) is 6.26 Å². The van der Waals surface area contributed by atoms with Crippen molar-refractivity contribution in [3.63, 3.8) is 0 Å². The first-order chi connectivity index (χ1) is 2.91. The second kappa shape index (κ2) is 4.83. The van der Waals surface area contributed by atoms with Gasteiger partial charge in [-0.2, -0.15) is 0 Å². The highest BCUT2D eigenvalue weighted by Crippen LogP contribution is 1.91. The van der Waals surface area contributed by atoms with E-state index in [4.69, 9.17) is 0 Å². The lowest BCUT2D eigenvalue weighted by molar-refractivity contribution is 2.12. The van der Waals surface area contributed by atoms with Gasteiger partial charge in [0.25, 0.3) is 0 Å². The molecule has 0 aliphatic rings. The van der Waals surface area contributed by atoms with Crippen molar-refractivity contribution >= 4 is 11.8 Å². The zero-order chi connectivity index (χ0) is 4.83. The third kappa shape index (κ3) is 3.83. The molecule has 0 saturated carbocycles. The summed E-state index contributed by atoms with van der Waals surface area (Å²) in [5.74, 6) is 0. The van der Waals surface area contributed by atoms with Crippen molar-refractivity contribution in [3.05, 3.63) is 24.1 Å². The molecule has 0 fully saturated rings. The summed E-state index contributed by atoms with van der Waals surface area (Å²) in [6, 6.07) is 0. The highest BCUT2D eigenvalue weighted by atomic mass is 32.2. The molecule has 0 aliphatic heterocycles. The molecule has 6 heavy (non-hydrogen) atoms. The lowest BCUT2D eigenvalue weighted by Crippen LogP contribution is -1.38. The molecule has 0 rings (SSSR count). The quantitative estimate of drug-likeness (QED) is 0.478. The van der Waals surface area contributed by atoms with Crippen LogP contribution in [0.1, 0.15) is 0 Å². The van der Waals surface area contributed by atoms with Crippen molar-refractivity contribution in [3.8, 4) is 0 Å². The monoisotopic (exact) mass is 100 g/mol. The van der Waals surface area contributed by atoms with Crippen molar-refractivity contribution in [2.24, 2.45) is 0 Å². The fourth-order valence-corrected chi connectivity index (χ4v) is 0.402. The molecule has 0 spiro atoms. The van der Waals surface area contributed by atoms with Gasteiger partial charge in [-0.05, 0) is 11.7 Å². The van der Waals surface area contributed by atoms with Crippen LogP contribution >= 0.6 is 11.8 Å². The standard InChI is InChI=1S/C5H8S/c1-3-4-5-6-2/h3-5H,1H2,2H3. The van der Waals surface area contributed by atoms with Gasteiger partial charge in [0.1, 0.15) is 0 Å². The maximum atomic E-state index is 3.50. The van der Waals surface area contributed by atoms with Crippen LogP contribution < -0.4 is 0 Å². The predicted octanol–water partition coefficient (Wildman–Crippen LogP) is 2.05. The summed E-state index contributed by atoms with van der Waals surface area (Å²) in [5.41, 5.74) is 0. The van der Waals surface area contributed by atoms with E-state index in [0.29, 0.717) is 0 Å². The molecule has 0 heterocycles. The molecular formula is C5H8S. The van der Waals surface area contributed by atoms with Crippen molar-refractivity contribution in [2.45, 2.75) is 0 Å². The summed E-state index contributed by atoms with van der Waals surface area (Å²) >= 11 is 1.67. The van der Waals surface area contributed by atoms with Gasteiger partial charge in [-0.1, -0.05) is 18.7 Å². The van der Waals surface area contributed by atoms with Gasteiger partial charge in [-0.25, -0.2) is 0 Å². The number of allylic oxidation sites excluding steroid dienone is 2. The van der Waals surface area contributed by atoms with E-state index in [1.54, 1.807) is 17.8 Å². The SMILES string of the molecule is C=CC=CSC. The van der Waals surface area contributed by atoms with Gasteiger partial charge in [0.2, 0.25) is 0 Å². The van der Waals surface area contributed by atoms with Gasteiger partial charge >= 0.3 is 0 Å². The molecular weight excluding hydrogens is 92.1 g/mol. The molecule has 1 heteroatoms. The average Bonchev–Trinajstić information content (AvgIpc) is 1.61. The summed E-state index contributed by atoms with van der Waals surface area (Å²) < 4.78 is 0. The first-order valence-electron chi connectivity index (χ1n) is 1.72. The first-order valence-corrected chi connectivity index (χ1v) is 3.01. The van der Waals surface area contributed by atoms with Crippen LogP contribution in [0.25, 0.3) is 0 Å². The summed E-state index contributed by atoms with van der Waals surface area (Å²) in [5, 5.41) is 1.98. The Balaban J connectivity index is 2.94. The summed E-state index contributed by atoms with van der Waals surface area (Å²) in [6.07, 6.45) is 5.68. The zero-order valence-corrected chi connectivity index (χ0v) is 4.66. The molecule has 0 atom stereocenters. The maximum absolute atomic E-state index is 3.50. The molecule has 0 aromatic rings. The van der Waals surface area contributed by atoms with Crippen LogP contribution in [0.5, 0.6) is 0 Å². The van der Waals surface area contributed by atoms with Gasteiger partial charge in [-0.15, -0.1) is 11.8 Å². The molecule has 0 aliphatic carbocycles. The molecule has 0 aromatic heterocycles. The summed E-state index contributed by atoms with van der Waals surface area (Å²) in [4.78, 5) is 0. The van der Waals surface area contributed by atoms with Crippen molar-refractivity contribution in [1.82, 2.24) is 0 Å². The number of hydrogen-bond acceptors (Lipinski definition) is 1. The summed E-state index contributed by atoms with van der Waals surface area (Å²) in [7, 11) is 0. The average molecular weight is 100 g/mol. The van der Waals surface area contributed by atoms with Crippen molar-refractivity contribution in [1.29, 1.82) is 0 Å². The van der Waals surface area contributed by atoms with Crippen LogP contribution in [0.15, 0.2) is 24.1 Å². The Kier molecular flexibility index (Phi) is 4.69. The minimum atomic E-state index is 1.67. The molecule has 34 valence electrons. The van der Waals surface area contributed by atoms with Crippen LogP contribution in [0, 0.1) is 0 Å². The maximum Gasteiger partial charge on any atom is -0.0142 e. The third-order valence-corrected chi connectivity index (χ3v) is 0.780. The third-order valence-electron chi connectivity index (χ3n) is 0.351. The Hall–Kier alpha value is -0.170. The van der Waals surface area contributed by atoms with E-state index in [-0.39, 0.29) is 0 Å². The molecule has 0 bridgehead atoms. The van der Waals surface area contributed by atoms with E-state index in [2.05, 4.69) is 6.58 Å². The fraction of sp³-hybridized carbons (Fsp3) is 0.200. The fourth-order valence-electron chi connectivity index (χ4n) is 0.134. The topological polar surface area (TPSA) is 0 Å². The Labute approximate surface area is 42.9 Å². The number of rotatable bonds is 2. The molecule has 0 nitrogen and oxygen atoms in total. The lowest BCUT2D eigenvalue weighted by Gasteiger charge is -1.68. The van der Waals surface area contributed by atoms with Crippen molar-refractivity contribution < 1.29 is 0 Å². The smallest absolute Gasteiger partial charge is 0.0142 e. The van der Waals surface area contributed by atoms with E-state index in [0.717, 1.165) is 0 Å². The van der Waals surface area contributed by atoms with E-state index in [1.165, 1.54) is 0 Å². The Morgan fingerprint density at radius 3 is 2.50 bits per heavy atom. The van der Waals surface area contributed by atoms with E-state index < -0.39 is 0 Å². The van der Waals surface area contributed by atoms with Gasteiger partial charge in [0.15, 0.2) is 0 Å². The first kappa shape index (κ1) is 5.83. The predicted molar refractivity (Wildman–Crippen MR) is 32.9 cm³/mol. The van der Waals surface area contributed by atoms with Crippen LogP contribution in [-0.2, 0) is 0 Å². The van der Waals surface area contributed by atoms with Gasteiger partial charge in [0, 0.05) is 0 Å². The summed E-state index contributed by atoms with van der Waals surface area (Å²) in [6.45, 7) is 3.50. The molecule has 0 aromatic carbocycles. The van der Waals surface area contributed by atoms with Crippen LogP contribution in [0.2, 0.25) is 0 Å². The highest BCUT2D eigenvalue weighted by molar-refractivity contribution is 8.01. The number of thioether (sulfide) groups is 1. The van der Waals surface area contributed by atoms with Crippen molar-refractivity contribution in [2.75, 3.05) is 6.26 Å². The Morgan fingerprint density at radius 1 is 1.67 bits per heavy atom. The van der Waals surface area contributed by atoms with Crippen LogP contribution in [0.4, 0.5) is 0 Å². The minimum absolute atomic E-state index is 1.67. The molecule has 0 amide bonds. The lowest BCUT2D eigenvalue weighted by atomic mass is 10.6. The largest absolute Gasteiger partial charge is 0.138 e. The van der Waals surface area contributed by atoms with Crippen LogP contribution in [0.3, 0.4) is 0 Å². The van der Waals surface area contributed by atoms with E-state index >= 15 is 0 Å². The molecule has 0 unspecified atom stereocenters. The Bertz CT molecular complexity index is 55.0. The van der Waals surface area contributed by atoms with E-state index in [9.17, 15) is 0 Å². The zero-order valence-electron chi connectivity index (χ0n) is 3.85. The second-order valence-electron chi connectivity index (χ2n) is 0.800. The minimum Gasteiger partial charge on any atom is -0.138 e. The second-order valence-corrected chi connectivity index (χ2v) is 1.54. The van der Waals surface area contributed by atoms with Gasteiger partial charge < -0.3 is 0 Å². The van der Waals surface area contributed by atoms with E-state index in [1.807, 2.05) is 17.7 Å². The highest BCUT2D eigenvalue weighted by Gasteiger charge is 1.54.